The van der Waals surface area contributed by atoms with E-state index < -0.39 is 17.1 Å². The van der Waals surface area contributed by atoms with Gasteiger partial charge in [-0.1, -0.05) is 30.3 Å². The zero-order valence-corrected chi connectivity index (χ0v) is 19.2. The summed E-state index contributed by atoms with van der Waals surface area (Å²) >= 11 is 1.20. The molecule has 1 N–H and O–H groups in total. The number of amides is 1. The van der Waals surface area contributed by atoms with Crippen LogP contribution >= 0.6 is 11.3 Å². The van der Waals surface area contributed by atoms with Crippen LogP contribution < -0.4 is 16.6 Å². The van der Waals surface area contributed by atoms with Crippen LogP contribution in [0.3, 0.4) is 0 Å². The van der Waals surface area contributed by atoms with Gasteiger partial charge in [-0.2, -0.15) is 0 Å². The summed E-state index contributed by atoms with van der Waals surface area (Å²) in [5.74, 6) is -0.767. The standard InChI is InChI=1S/C25H24FN3O3S/c1-16-14-19(26)10-11-20(16)29-24(31)23-21(12-13-33-23)28(25(29)32)15-22(30)27-17(2)8-9-18-6-4-3-5-7-18/h3-7,10-14,17H,8-9,15H2,1-2H3,(H,27,30)/t17-/m1/s1. The molecule has 4 aromatic rings. The van der Waals surface area contributed by atoms with Crippen molar-refractivity contribution in [3.05, 3.63) is 97.8 Å². The summed E-state index contributed by atoms with van der Waals surface area (Å²) in [5.41, 5.74) is 1.25. The molecule has 33 heavy (non-hydrogen) atoms. The Labute approximate surface area is 193 Å². The van der Waals surface area contributed by atoms with Gasteiger partial charge in [-0.15, -0.1) is 11.3 Å². The normalized spacial score (nSPS) is 12.1. The number of halogens is 1. The van der Waals surface area contributed by atoms with E-state index in [1.54, 1.807) is 18.4 Å². The Bertz CT molecular complexity index is 1420. The summed E-state index contributed by atoms with van der Waals surface area (Å²) in [7, 11) is 0. The molecule has 8 heteroatoms. The van der Waals surface area contributed by atoms with E-state index in [-0.39, 0.29) is 18.5 Å². The van der Waals surface area contributed by atoms with Gasteiger partial charge < -0.3 is 5.32 Å². The average Bonchev–Trinajstić information content (AvgIpc) is 3.27. The summed E-state index contributed by atoms with van der Waals surface area (Å²) in [6, 6.07) is 15.5. The Kier molecular flexibility index (Phi) is 6.55. The summed E-state index contributed by atoms with van der Waals surface area (Å²) in [5, 5.41) is 4.66. The van der Waals surface area contributed by atoms with Crippen LogP contribution in [0.25, 0.3) is 15.9 Å². The molecule has 2 aromatic carbocycles. The second kappa shape index (κ2) is 9.54. The number of nitrogens with one attached hydrogen (secondary N) is 1. The van der Waals surface area contributed by atoms with E-state index in [4.69, 9.17) is 0 Å². The molecule has 0 aliphatic rings. The molecule has 0 spiro atoms. The number of benzene rings is 2. The minimum Gasteiger partial charge on any atom is -0.352 e. The molecule has 0 aliphatic carbocycles. The fraction of sp³-hybridized carbons (Fsp3) is 0.240. The second-order valence-corrected chi connectivity index (χ2v) is 8.98. The highest BCUT2D eigenvalue weighted by molar-refractivity contribution is 7.17. The van der Waals surface area contributed by atoms with Gasteiger partial charge >= 0.3 is 5.69 Å². The zero-order chi connectivity index (χ0) is 23.5. The number of hydrogen-bond acceptors (Lipinski definition) is 4. The Morgan fingerprint density at radius 2 is 1.88 bits per heavy atom. The molecule has 0 aliphatic heterocycles. The number of fused-ring (bicyclic) bond motifs is 1. The van der Waals surface area contributed by atoms with E-state index in [0.29, 0.717) is 21.5 Å². The lowest BCUT2D eigenvalue weighted by molar-refractivity contribution is -0.122. The van der Waals surface area contributed by atoms with Gasteiger partial charge in [0.25, 0.3) is 5.56 Å². The van der Waals surface area contributed by atoms with E-state index in [1.165, 1.54) is 39.7 Å². The van der Waals surface area contributed by atoms with Crippen molar-refractivity contribution in [1.82, 2.24) is 14.5 Å². The number of thiophene rings is 1. The molecule has 0 unspecified atom stereocenters. The van der Waals surface area contributed by atoms with E-state index in [9.17, 15) is 18.8 Å². The number of nitrogens with zero attached hydrogens (tertiary/aromatic N) is 2. The first-order valence-electron chi connectivity index (χ1n) is 10.7. The lowest BCUT2D eigenvalue weighted by Gasteiger charge is -2.16. The average molecular weight is 466 g/mol. The van der Waals surface area contributed by atoms with Gasteiger partial charge in [0.2, 0.25) is 5.91 Å². The molecule has 0 saturated heterocycles. The van der Waals surface area contributed by atoms with E-state index >= 15 is 0 Å². The number of rotatable bonds is 7. The third kappa shape index (κ3) is 4.80. The molecular weight excluding hydrogens is 441 g/mol. The lowest BCUT2D eigenvalue weighted by atomic mass is 10.1. The van der Waals surface area contributed by atoms with E-state index in [0.717, 1.165) is 17.4 Å². The molecule has 2 heterocycles. The quantitative estimate of drug-likeness (QED) is 0.451. The highest BCUT2D eigenvalue weighted by atomic mass is 32.1. The molecule has 0 fully saturated rings. The highest BCUT2D eigenvalue weighted by Gasteiger charge is 2.19. The van der Waals surface area contributed by atoms with Gasteiger partial charge in [-0.05, 0) is 67.5 Å². The topological polar surface area (TPSA) is 73.1 Å². The first-order valence-corrected chi connectivity index (χ1v) is 11.6. The van der Waals surface area contributed by atoms with Crippen LogP contribution in [0.1, 0.15) is 24.5 Å². The van der Waals surface area contributed by atoms with Crippen LogP contribution in [0, 0.1) is 12.7 Å². The van der Waals surface area contributed by atoms with Gasteiger partial charge in [-0.25, -0.2) is 13.8 Å². The maximum atomic E-state index is 13.6. The molecular formula is C25H24FN3O3S. The van der Waals surface area contributed by atoms with Crippen LogP contribution in [0.2, 0.25) is 0 Å². The molecule has 4 rings (SSSR count). The molecule has 0 bridgehead atoms. The first-order chi connectivity index (χ1) is 15.8. The molecule has 0 saturated carbocycles. The van der Waals surface area contributed by atoms with Crippen LogP contribution in [0.5, 0.6) is 0 Å². The minimum atomic E-state index is -0.632. The number of carbonyl (C=O) groups is 1. The second-order valence-electron chi connectivity index (χ2n) is 8.07. The summed E-state index contributed by atoms with van der Waals surface area (Å²) in [6.07, 6.45) is 1.58. The predicted octanol–water partition coefficient (Wildman–Crippen LogP) is 3.80. The molecule has 0 radical (unpaired) electrons. The molecule has 6 nitrogen and oxygen atoms in total. The van der Waals surface area contributed by atoms with Crippen molar-refractivity contribution in [3.63, 3.8) is 0 Å². The SMILES string of the molecule is Cc1cc(F)ccc1-n1c(=O)c2sccc2n(CC(=O)N[C@H](C)CCc2ccccc2)c1=O. The lowest BCUT2D eigenvalue weighted by Crippen LogP contribution is -2.43. The van der Waals surface area contributed by atoms with Gasteiger partial charge in [0.15, 0.2) is 0 Å². The molecule has 2 aromatic heterocycles. The first kappa shape index (κ1) is 22.7. The monoisotopic (exact) mass is 465 g/mol. The Morgan fingerprint density at radius 3 is 2.61 bits per heavy atom. The third-order valence-electron chi connectivity index (χ3n) is 5.57. The molecule has 170 valence electrons. The van der Waals surface area contributed by atoms with Gasteiger partial charge in [-0.3, -0.25) is 14.2 Å². The minimum absolute atomic E-state index is 0.0865. The fourth-order valence-corrected chi connectivity index (χ4v) is 4.71. The maximum Gasteiger partial charge on any atom is 0.336 e. The van der Waals surface area contributed by atoms with Crippen molar-refractivity contribution in [3.8, 4) is 5.69 Å². The summed E-state index contributed by atoms with van der Waals surface area (Å²) in [4.78, 5) is 39.2. The van der Waals surface area contributed by atoms with Crippen LogP contribution in [0.15, 0.2) is 69.6 Å². The van der Waals surface area contributed by atoms with Crippen molar-refractivity contribution in [2.24, 2.45) is 0 Å². The van der Waals surface area contributed by atoms with Gasteiger partial charge in [0.1, 0.15) is 17.1 Å². The number of aromatic nitrogens is 2. The van der Waals surface area contributed by atoms with Gasteiger partial charge in [0, 0.05) is 6.04 Å². The predicted molar refractivity (Wildman–Crippen MR) is 129 cm³/mol. The summed E-state index contributed by atoms with van der Waals surface area (Å²) in [6.45, 7) is 3.34. The van der Waals surface area contributed by atoms with E-state index in [2.05, 4.69) is 5.32 Å². The number of carbonyl (C=O) groups excluding carboxylic acids is 1. The molecule has 1 amide bonds. The van der Waals surface area contributed by atoms with E-state index in [1.807, 2.05) is 37.3 Å². The maximum absolute atomic E-state index is 13.6. The van der Waals surface area contributed by atoms with Crippen LogP contribution in [0.4, 0.5) is 4.39 Å². The zero-order valence-electron chi connectivity index (χ0n) is 18.4. The van der Waals surface area contributed by atoms with Crippen molar-refractivity contribution in [2.75, 3.05) is 0 Å². The Balaban J connectivity index is 1.61. The number of aryl methyl sites for hydroxylation is 2. The van der Waals surface area contributed by atoms with Crippen molar-refractivity contribution >= 4 is 27.5 Å². The third-order valence-corrected chi connectivity index (χ3v) is 6.46. The Morgan fingerprint density at radius 1 is 1.12 bits per heavy atom. The van der Waals surface area contributed by atoms with Crippen molar-refractivity contribution in [2.45, 2.75) is 39.3 Å². The van der Waals surface area contributed by atoms with Crippen LogP contribution in [-0.4, -0.2) is 21.1 Å². The Hall–Kier alpha value is -3.52. The highest BCUT2D eigenvalue weighted by Crippen LogP contribution is 2.18. The smallest absolute Gasteiger partial charge is 0.336 e. The van der Waals surface area contributed by atoms with Gasteiger partial charge in [0.05, 0.1) is 11.2 Å². The summed E-state index contributed by atoms with van der Waals surface area (Å²) < 4.78 is 16.3. The number of hydrogen-bond donors (Lipinski definition) is 1. The van der Waals surface area contributed by atoms with Crippen LogP contribution in [-0.2, 0) is 17.8 Å². The van der Waals surface area contributed by atoms with Crippen molar-refractivity contribution < 1.29 is 9.18 Å². The largest absolute Gasteiger partial charge is 0.352 e. The van der Waals surface area contributed by atoms with Crippen molar-refractivity contribution in [1.29, 1.82) is 0 Å². The molecule has 1 atom stereocenters. The fourth-order valence-electron chi connectivity index (χ4n) is 3.89.